The molecule has 2 aliphatic rings. The molecular formula is C17H19FN4O3. The van der Waals surface area contributed by atoms with E-state index in [1.807, 2.05) is 6.92 Å². The van der Waals surface area contributed by atoms with Crippen molar-refractivity contribution in [2.75, 3.05) is 19.7 Å². The number of aryl methyl sites for hydroxylation is 1. The average molecular weight is 346 g/mol. The van der Waals surface area contributed by atoms with Gasteiger partial charge in [-0.1, -0.05) is 6.92 Å². The zero-order valence-corrected chi connectivity index (χ0v) is 13.9. The Morgan fingerprint density at radius 1 is 1.48 bits per heavy atom. The fourth-order valence-corrected chi connectivity index (χ4v) is 3.18. The SMILES string of the molecule is CCc1nc([C@H]2CN(C(=O)[C@@H]3Cc4cc(F)ccc4O3)CCO2)n[nH]1. The Morgan fingerprint density at radius 3 is 3.16 bits per heavy atom. The van der Waals surface area contributed by atoms with E-state index in [1.54, 1.807) is 11.0 Å². The summed E-state index contributed by atoms with van der Waals surface area (Å²) in [6.45, 7) is 3.27. The number of fused-ring (bicyclic) bond motifs is 1. The molecule has 0 radical (unpaired) electrons. The van der Waals surface area contributed by atoms with E-state index in [0.29, 0.717) is 37.7 Å². The van der Waals surface area contributed by atoms with Crippen LogP contribution in [-0.2, 0) is 22.4 Å². The monoisotopic (exact) mass is 346 g/mol. The molecule has 0 bridgehead atoms. The standard InChI is InChI=1S/C17H19FN4O3/c1-2-15-19-16(21-20-15)14-9-22(5-6-24-14)17(23)13-8-10-7-11(18)3-4-12(10)25-13/h3-4,7,13-14H,2,5-6,8-9H2,1H3,(H,19,20,21)/t13-,14+/m0/s1. The number of halogens is 1. The number of nitrogens with one attached hydrogen (secondary N) is 1. The summed E-state index contributed by atoms with van der Waals surface area (Å²) in [4.78, 5) is 18.9. The smallest absolute Gasteiger partial charge is 0.264 e. The van der Waals surface area contributed by atoms with Crippen LogP contribution in [0, 0.1) is 5.82 Å². The number of H-pyrrole nitrogens is 1. The van der Waals surface area contributed by atoms with Crippen molar-refractivity contribution >= 4 is 5.91 Å². The quantitative estimate of drug-likeness (QED) is 0.909. The summed E-state index contributed by atoms with van der Waals surface area (Å²) < 4.78 is 24.7. The van der Waals surface area contributed by atoms with Crippen LogP contribution in [-0.4, -0.2) is 51.8 Å². The van der Waals surface area contributed by atoms with Crippen molar-refractivity contribution in [1.82, 2.24) is 20.1 Å². The minimum absolute atomic E-state index is 0.115. The summed E-state index contributed by atoms with van der Waals surface area (Å²) in [6, 6.07) is 4.33. The second kappa shape index (κ2) is 6.44. The molecule has 3 heterocycles. The van der Waals surface area contributed by atoms with E-state index in [-0.39, 0.29) is 17.8 Å². The van der Waals surface area contributed by atoms with Crippen LogP contribution in [0.4, 0.5) is 4.39 Å². The molecule has 1 saturated heterocycles. The number of benzene rings is 1. The maximum Gasteiger partial charge on any atom is 0.264 e. The Labute approximate surface area is 144 Å². The highest BCUT2D eigenvalue weighted by molar-refractivity contribution is 5.82. The van der Waals surface area contributed by atoms with Gasteiger partial charge in [-0.2, -0.15) is 5.10 Å². The molecule has 1 aromatic heterocycles. The molecule has 8 heteroatoms. The normalized spacial score (nSPS) is 22.6. The fourth-order valence-electron chi connectivity index (χ4n) is 3.18. The predicted molar refractivity (Wildman–Crippen MR) is 85.6 cm³/mol. The molecule has 25 heavy (non-hydrogen) atoms. The van der Waals surface area contributed by atoms with Gasteiger partial charge in [0.2, 0.25) is 0 Å². The Balaban J connectivity index is 1.44. The lowest BCUT2D eigenvalue weighted by Gasteiger charge is -2.32. The van der Waals surface area contributed by atoms with Crippen molar-refractivity contribution in [3.8, 4) is 5.75 Å². The summed E-state index contributed by atoms with van der Waals surface area (Å²) in [5.41, 5.74) is 0.727. The highest BCUT2D eigenvalue weighted by Gasteiger charge is 2.36. The average Bonchev–Trinajstić information content (AvgIpc) is 3.27. The molecule has 7 nitrogen and oxygen atoms in total. The summed E-state index contributed by atoms with van der Waals surface area (Å²) in [5.74, 6) is 1.49. The van der Waals surface area contributed by atoms with Gasteiger partial charge in [-0.25, -0.2) is 9.37 Å². The van der Waals surface area contributed by atoms with Crippen molar-refractivity contribution in [3.05, 3.63) is 41.2 Å². The van der Waals surface area contributed by atoms with Crippen LogP contribution in [0.25, 0.3) is 0 Å². The molecule has 0 aliphatic carbocycles. The molecule has 0 unspecified atom stereocenters. The number of hydrogen-bond acceptors (Lipinski definition) is 5. The lowest BCUT2D eigenvalue weighted by Crippen LogP contribution is -2.48. The summed E-state index contributed by atoms with van der Waals surface area (Å²) in [5, 5.41) is 7.04. The lowest BCUT2D eigenvalue weighted by atomic mass is 10.1. The first-order valence-corrected chi connectivity index (χ1v) is 8.40. The molecule has 0 saturated carbocycles. The minimum Gasteiger partial charge on any atom is -0.480 e. The van der Waals surface area contributed by atoms with Crippen molar-refractivity contribution in [2.45, 2.75) is 32.0 Å². The van der Waals surface area contributed by atoms with E-state index < -0.39 is 6.10 Å². The lowest BCUT2D eigenvalue weighted by molar-refractivity contribution is -0.146. The molecule has 2 aliphatic heterocycles. The largest absolute Gasteiger partial charge is 0.480 e. The zero-order valence-electron chi connectivity index (χ0n) is 13.9. The molecule has 1 N–H and O–H groups in total. The van der Waals surface area contributed by atoms with Gasteiger partial charge in [-0.05, 0) is 18.2 Å². The van der Waals surface area contributed by atoms with Gasteiger partial charge in [0.25, 0.3) is 5.91 Å². The highest BCUT2D eigenvalue weighted by atomic mass is 19.1. The molecule has 2 atom stereocenters. The number of aromatic nitrogens is 3. The van der Waals surface area contributed by atoms with Crippen molar-refractivity contribution in [3.63, 3.8) is 0 Å². The van der Waals surface area contributed by atoms with Crippen LogP contribution >= 0.6 is 0 Å². The van der Waals surface area contributed by atoms with E-state index in [0.717, 1.165) is 17.8 Å². The first-order chi connectivity index (χ1) is 12.1. The number of nitrogens with zero attached hydrogens (tertiary/aromatic N) is 3. The number of morpholine rings is 1. The molecule has 132 valence electrons. The van der Waals surface area contributed by atoms with Crippen molar-refractivity contribution < 1.29 is 18.7 Å². The van der Waals surface area contributed by atoms with Gasteiger partial charge in [-0.15, -0.1) is 0 Å². The number of carbonyl (C=O) groups excluding carboxylic acids is 1. The van der Waals surface area contributed by atoms with Gasteiger partial charge in [0, 0.05) is 24.9 Å². The van der Waals surface area contributed by atoms with E-state index in [4.69, 9.17) is 9.47 Å². The first-order valence-electron chi connectivity index (χ1n) is 8.40. The number of carbonyl (C=O) groups is 1. The number of ether oxygens (including phenoxy) is 2. The van der Waals surface area contributed by atoms with Gasteiger partial charge in [0.1, 0.15) is 23.5 Å². The van der Waals surface area contributed by atoms with Crippen LogP contribution in [0.3, 0.4) is 0 Å². The summed E-state index contributed by atoms with van der Waals surface area (Å²) in [6.07, 6.45) is 0.172. The van der Waals surface area contributed by atoms with Gasteiger partial charge >= 0.3 is 0 Å². The van der Waals surface area contributed by atoms with Crippen LogP contribution in [0.15, 0.2) is 18.2 Å². The maximum absolute atomic E-state index is 13.3. The number of aromatic amines is 1. The fraction of sp³-hybridized carbons (Fsp3) is 0.471. The van der Waals surface area contributed by atoms with Crippen LogP contribution < -0.4 is 4.74 Å². The van der Waals surface area contributed by atoms with Crippen LogP contribution in [0.1, 0.15) is 30.2 Å². The van der Waals surface area contributed by atoms with E-state index in [1.165, 1.54) is 12.1 Å². The third-order valence-corrected chi connectivity index (χ3v) is 4.52. The Kier molecular flexibility index (Phi) is 4.12. The van der Waals surface area contributed by atoms with Crippen molar-refractivity contribution in [2.24, 2.45) is 0 Å². The van der Waals surface area contributed by atoms with Crippen LogP contribution in [0.2, 0.25) is 0 Å². The predicted octanol–water partition coefficient (Wildman–Crippen LogP) is 1.41. The highest BCUT2D eigenvalue weighted by Crippen LogP contribution is 2.31. The summed E-state index contributed by atoms with van der Waals surface area (Å²) >= 11 is 0. The van der Waals surface area contributed by atoms with E-state index in [9.17, 15) is 9.18 Å². The Hall–Kier alpha value is -2.48. The molecule has 4 rings (SSSR count). The summed E-state index contributed by atoms with van der Waals surface area (Å²) in [7, 11) is 0. The van der Waals surface area contributed by atoms with E-state index >= 15 is 0 Å². The van der Waals surface area contributed by atoms with Crippen molar-refractivity contribution in [1.29, 1.82) is 0 Å². The maximum atomic E-state index is 13.3. The second-order valence-corrected chi connectivity index (χ2v) is 6.20. The van der Waals surface area contributed by atoms with Gasteiger partial charge < -0.3 is 14.4 Å². The van der Waals surface area contributed by atoms with E-state index in [2.05, 4.69) is 15.2 Å². The number of amides is 1. The number of rotatable bonds is 3. The molecule has 0 spiro atoms. The molecular weight excluding hydrogens is 327 g/mol. The van der Waals surface area contributed by atoms with Gasteiger partial charge in [0.15, 0.2) is 11.9 Å². The number of hydrogen-bond donors (Lipinski definition) is 1. The molecule has 1 amide bonds. The molecule has 1 aromatic carbocycles. The molecule has 1 fully saturated rings. The topological polar surface area (TPSA) is 80.3 Å². The minimum atomic E-state index is -0.617. The van der Waals surface area contributed by atoms with Crippen LogP contribution in [0.5, 0.6) is 5.75 Å². The third kappa shape index (κ3) is 3.09. The zero-order chi connectivity index (χ0) is 17.4. The Morgan fingerprint density at radius 2 is 2.36 bits per heavy atom. The van der Waals surface area contributed by atoms with Gasteiger partial charge in [0.05, 0.1) is 13.2 Å². The third-order valence-electron chi connectivity index (χ3n) is 4.52. The van der Waals surface area contributed by atoms with Gasteiger partial charge in [-0.3, -0.25) is 9.89 Å². The molecule has 2 aromatic rings. The second-order valence-electron chi connectivity index (χ2n) is 6.20. The Bertz CT molecular complexity index is 794. The first kappa shape index (κ1) is 16.0.